The maximum absolute atomic E-state index is 13.1. The minimum Gasteiger partial charge on any atom is -0.497 e. The number of ether oxygens (including phenoxy) is 1. The number of fused-ring (bicyclic) bond motifs is 1. The minimum absolute atomic E-state index is 0.188. The van der Waals surface area contributed by atoms with Crippen molar-refractivity contribution in [2.24, 2.45) is 0 Å². The molecule has 0 spiro atoms. The van der Waals surface area contributed by atoms with Crippen molar-refractivity contribution < 1.29 is 9.53 Å². The van der Waals surface area contributed by atoms with Gasteiger partial charge in [0, 0.05) is 11.9 Å². The Balaban J connectivity index is 1.64. The number of nitrogens with zero attached hydrogens (tertiary/aromatic N) is 2. The average molecular weight is 428 g/mol. The third-order valence-corrected chi connectivity index (χ3v) is 5.52. The number of amides is 1. The van der Waals surface area contributed by atoms with Gasteiger partial charge in [-0.15, -0.1) is 0 Å². The van der Waals surface area contributed by atoms with Gasteiger partial charge in [0.25, 0.3) is 11.5 Å². The lowest BCUT2D eigenvalue weighted by Crippen LogP contribution is -2.22. The maximum Gasteiger partial charge on any atom is 0.260 e. The summed E-state index contributed by atoms with van der Waals surface area (Å²) in [5.74, 6) is 0.477. The van der Waals surface area contributed by atoms with Gasteiger partial charge in [0.2, 0.25) is 0 Å². The molecule has 32 heavy (non-hydrogen) atoms. The predicted molar refractivity (Wildman–Crippen MR) is 127 cm³/mol. The second-order valence-electron chi connectivity index (χ2n) is 7.66. The van der Waals surface area contributed by atoms with Gasteiger partial charge in [0.05, 0.1) is 35.8 Å². The molecular weight excluding hydrogens is 402 g/mol. The van der Waals surface area contributed by atoms with Crippen molar-refractivity contribution in [2.75, 3.05) is 12.4 Å². The summed E-state index contributed by atoms with van der Waals surface area (Å²) in [6, 6.07) is 18.7. The van der Waals surface area contributed by atoms with Crippen LogP contribution in [-0.4, -0.2) is 22.6 Å². The van der Waals surface area contributed by atoms with Crippen LogP contribution in [0.2, 0.25) is 0 Å². The van der Waals surface area contributed by atoms with Crippen molar-refractivity contribution in [3.05, 3.63) is 99.6 Å². The summed E-state index contributed by atoms with van der Waals surface area (Å²) in [7, 11) is 1.62. The number of nitrogens with one attached hydrogen (secondary N) is 1. The van der Waals surface area contributed by atoms with Crippen LogP contribution >= 0.6 is 0 Å². The Morgan fingerprint density at radius 1 is 1.03 bits per heavy atom. The average Bonchev–Trinajstić information content (AvgIpc) is 2.81. The molecule has 0 saturated carbocycles. The molecule has 0 aliphatic carbocycles. The Labute approximate surface area is 186 Å². The standard InChI is InChI=1S/C26H25N3O3/c1-4-18-5-9-20(10-6-18)28-25(30)22-15-23-24(27-17(22)2)13-14-29(26(23)31)16-19-7-11-21(32-3)12-8-19/h5-15H,4,16H2,1-3H3,(H,28,30). The van der Waals surface area contributed by atoms with Crippen molar-refractivity contribution in [1.29, 1.82) is 0 Å². The number of rotatable bonds is 6. The van der Waals surface area contributed by atoms with E-state index in [1.807, 2.05) is 48.5 Å². The lowest BCUT2D eigenvalue weighted by molar-refractivity contribution is 0.102. The summed E-state index contributed by atoms with van der Waals surface area (Å²) in [6.45, 7) is 4.27. The second-order valence-corrected chi connectivity index (χ2v) is 7.66. The monoisotopic (exact) mass is 427 g/mol. The summed E-state index contributed by atoms with van der Waals surface area (Å²) < 4.78 is 6.80. The van der Waals surface area contributed by atoms with Crippen molar-refractivity contribution in [3.8, 4) is 5.75 Å². The Bertz CT molecular complexity index is 1320. The lowest BCUT2D eigenvalue weighted by Gasteiger charge is -2.11. The summed E-state index contributed by atoms with van der Waals surface area (Å²) in [5, 5.41) is 3.32. The van der Waals surface area contributed by atoms with E-state index in [2.05, 4.69) is 17.2 Å². The smallest absolute Gasteiger partial charge is 0.260 e. The van der Waals surface area contributed by atoms with E-state index in [4.69, 9.17) is 4.74 Å². The normalized spacial score (nSPS) is 10.8. The molecule has 0 aliphatic rings. The molecule has 0 aliphatic heterocycles. The number of hydrogen-bond donors (Lipinski definition) is 1. The number of aryl methyl sites for hydroxylation is 2. The summed E-state index contributed by atoms with van der Waals surface area (Å²) in [4.78, 5) is 30.6. The highest BCUT2D eigenvalue weighted by molar-refractivity contribution is 6.06. The number of hydrogen-bond acceptors (Lipinski definition) is 4. The first-order valence-corrected chi connectivity index (χ1v) is 10.5. The van der Waals surface area contributed by atoms with Crippen molar-refractivity contribution in [2.45, 2.75) is 26.8 Å². The molecule has 2 aromatic carbocycles. The Hall–Kier alpha value is -3.93. The van der Waals surface area contributed by atoms with Crippen LogP contribution in [0.4, 0.5) is 5.69 Å². The minimum atomic E-state index is -0.286. The zero-order valence-corrected chi connectivity index (χ0v) is 18.4. The van der Waals surface area contributed by atoms with Gasteiger partial charge in [0.1, 0.15) is 5.75 Å². The molecule has 4 rings (SSSR count). The molecular formula is C26H25N3O3. The SMILES string of the molecule is CCc1ccc(NC(=O)c2cc3c(=O)n(Cc4ccc(OC)cc4)ccc3nc2C)cc1. The van der Waals surface area contributed by atoms with E-state index in [9.17, 15) is 9.59 Å². The molecule has 0 bridgehead atoms. The van der Waals surface area contributed by atoms with Crippen LogP contribution in [0.5, 0.6) is 5.75 Å². The molecule has 2 aromatic heterocycles. The number of carbonyl (C=O) groups is 1. The van der Waals surface area contributed by atoms with E-state index in [-0.39, 0.29) is 11.5 Å². The van der Waals surface area contributed by atoms with Crippen LogP contribution in [0.15, 0.2) is 71.7 Å². The van der Waals surface area contributed by atoms with Gasteiger partial charge in [-0.1, -0.05) is 31.2 Å². The Kier molecular flexibility index (Phi) is 6.03. The maximum atomic E-state index is 13.1. The third kappa shape index (κ3) is 4.39. The lowest BCUT2D eigenvalue weighted by atomic mass is 10.1. The first-order valence-electron chi connectivity index (χ1n) is 10.5. The molecule has 6 heteroatoms. The zero-order valence-electron chi connectivity index (χ0n) is 18.4. The van der Waals surface area contributed by atoms with E-state index in [1.165, 1.54) is 5.56 Å². The summed E-state index contributed by atoms with van der Waals surface area (Å²) >= 11 is 0. The van der Waals surface area contributed by atoms with E-state index in [0.717, 1.165) is 17.7 Å². The van der Waals surface area contributed by atoms with Gasteiger partial charge < -0.3 is 14.6 Å². The fourth-order valence-electron chi connectivity index (χ4n) is 3.61. The molecule has 2 heterocycles. The molecule has 0 fully saturated rings. The Morgan fingerprint density at radius 2 is 1.72 bits per heavy atom. The van der Waals surface area contributed by atoms with E-state index in [0.29, 0.717) is 34.4 Å². The van der Waals surface area contributed by atoms with Crippen LogP contribution in [0, 0.1) is 6.92 Å². The summed E-state index contributed by atoms with van der Waals surface area (Å²) in [6.07, 6.45) is 2.67. The molecule has 162 valence electrons. The highest BCUT2D eigenvalue weighted by Gasteiger charge is 2.15. The third-order valence-electron chi connectivity index (χ3n) is 5.52. The van der Waals surface area contributed by atoms with Crippen molar-refractivity contribution >= 4 is 22.5 Å². The zero-order chi connectivity index (χ0) is 22.7. The second kappa shape index (κ2) is 9.06. The van der Waals surface area contributed by atoms with Crippen LogP contribution in [0.25, 0.3) is 10.9 Å². The first-order chi connectivity index (χ1) is 15.5. The molecule has 0 saturated heterocycles. The van der Waals surface area contributed by atoms with Gasteiger partial charge in [-0.3, -0.25) is 14.6 Å². The molecule has 6 nitrogen and oxygen atoms in total. The van der Waals surface area contributed by atoms with Crippen molar-refractivity contribution in [1.82, 2.24) is 9.55 Å². The number of benzene rings is 2. The predicted octanol–water partition coefficient (Wildman–Crippen LogP) is 4.58. The van der Waals surface area contributed by atoms with Gasteiger partial charge in [-0.05, 0) is 60.9 Å². The number of aromatic nitrogens is 2. The van der Waals surface area contributed by atoms with Crippen molar-refractivity contribution in [3.63, 3.8) is 0 Å². The molecule has 0 atom stereocenters. The Morgan fingerprint density at radius 3 is 2.38 bits per heavy atom. The molecule has 4 aromatic rings. The van der Waals surface area contributed by atoms with Gasteiger partial charge in [-0.2, -0.15) is 0 Å². The van der Waals surface area contributed by atoms with Crippen LogP contribution < -0.4 is 15.6 Å². The van der Waals surface area contributed by atoms with Gasteiger partial charge in [-0.25, -0.2) is 0 Å². The molecule has 0 unspecified atom stereocenters. The highest BCUT2D eigenvalue weighted by Crippen LogP contribution is 2.17. The largest absolute Gasteiger partial charge is 0.497 e. The highest BCUT2D eigenvalue weighted by atomic mass is 16.5. The molecule has 0 radical (unpaired) electrons. The van der Waals surface area contributed by atoms with Crippen LogP contribution in [0.1, 0.15) is 34.1 Å². The van der Waals surface area contributed by atoms with Gasteiger partial charge >= 0.3 is 0 Å². The fourth-order valence-corrected chi connectivity index (χ4v) is 3.61. The topological polar surface area (TPSA) is 73.2 Å². The van der Waals surface area contributed by atoms with E-state index >= 15 is 0 Å². The van der Waals surface area contributed by atoms with Crippen LogP contribution in [0.3, 0.4) is 0 Å². The quantitative estimate of drug-likeness (QED) is 0.489. The van der Waals surface area contributed by atoms with E-state index < -0.39 is 0 Å². The molecule has 1 N–H and O–H groups in total. The van der Waals surface area contributed by atoms with Crippen LogP contribution in [-0.2, 0) is 13.0 Å². The van der Waals surface area contributed by atoms with E-state index in [1.54, 1.807) is 36.9 Å². The number of methoxy groups -OCH3 is 1. The first kappa shape index (κ1) is 21.3. The number of carbonyl (C=O) groups excluding carboxylic acids is 1. The number of anilines is 1. The summed E-state index contributed by atoms with van der Waals surface area (Å²) in [5.41, 5.74) is 4.22. The number of pyridine rings is 2. The van der Waals surface area contributed by atoms with Gasteiger partial charge in [0.15, 0.2) is 0 Å². The fraction of sp³-hybridized carbons (Fsp3) is 0.192. The molecule has 1 amide bonds.